The van der Waals surface area contributed by atoms with Crippen molar-refractivity contribution in [1.29, 1.82) is 0 Å². The standard InChI is InChI=1S/C23H19N3OS/c1-3-7-19(8-4-1)16-27-21-13-11-18(12-14-21)15-24-26-23-25-22(17-28-23)20-9-5-2-6-10-20/h1-15,17H,16H2,(H,25,26). The molecule has 0 unspecified atom stereocenters. The molecular formula is C23H19N3OS. The zero-order chi connectivity index (χ0) is 19.0. The second-order valence-corrected chi connectivity index (χ2v) is 6.98. The molecule has 1 aromatic heterocycles. The maximum atomic E-state index is 5.80. The topological polar surface area (TPSA) is 46.5 Å². The largest absolute Gasteiger partial charge is 0.489 e. The van der Waals surface area contributed by atoms with Crippen molar-refractivity contribution >= 4 is 22.7 Å². The number of hydrogen-bond acceptors (Lipinski definition) is 5. The lowest BCUT2D eigenvalue weighted by molar-refractivity contribution is 0.306. The molecule has 0 radical (unpaired) electrons. The summed E-state index contributed by atoms with van der Waals surface area (Å²) < 4.78 is 5.80. The van der Waals surface area contributed by atoms with Crippen molar-refractivity contribution in [2.24, 2.45) is 5.10 Å². The molecule has 0 spiro atoms. The number of hydrogen-bond donors (Lipinski definition) is 1. The molecule has 0 fully saturated rings. The molecule has 28 heavy (non-hydrogen) atoms. The summed E-state index contributed by atoms with van der Waals surface area (Å²) in [7, 11) is 0. The van der Waals surface area contributed by atoms with Crippen LogP contribution in [0.15, 0.2) is 95.4 Å². The molecule has 4 nitrogen and oxygen atoms in total. The number of rotatable bonds is 7. The maximum Gasteiger partial charge on any atom is 0.203 e. The van der Waals surface area contributed by atoms with Crippen molar-refractivity contribution in [1.82, 2.24) is 4.98 Å². The van der Waals surface area contributed by atoms with Gasteiger partial charge in [-0.25, -0.2) is 4.98 Å². The molecule has 138 valence electrons. The molecule has 0 aliphatic heterocycles. The average Bonchev–Trinajstić information content (AvgIpc) is 3.24. The summed E-state index contributed by atoms with van der Waals surface area (Å²) in [6, 6.07) is 28.1. The summed E-state index contributed by atoms with van der Waals surface area (Å²) in [6.45, 7) is 0.559. The maximum absolute atomic E-state index is 5.80. The number of nitrogens with one attached hydrogen (secondary N) is 1. The number of anilines is 1. The smallest absolute Gasteiger partial charge is 0.203 e. The third-order valence-corrected chi connectivity index (χ3v) is 4.82. The minimum atomic E-state index is 0.559. The van der Waals surface area contributed by atoms with Crippen LogP contribution in [-0.2, 0) is 6.61 Å². The molecule has 0 atom stereocenters. The molecule has 0 saturated carbocycles. The van der Waals surface area contributed by atoms with E-state index in [1.807, 2.05) is 78.2 Å². The zero-order valence-corrected chi connectivity index (χ0v) is 16.0. The second-order valence-electron chi connectivity index (χ2n) is 6.12. The average molecular weight is 385 g/mol. The van der Waals surface area contributed by atoms with Crippen LogP contribution in [0.2, 0.25) is 0 Å². The molecule has 3 aromatic carbocycles. The fourth-order valence-corrected chi connectivity index (χ4v) is 3.29. The zero-order valence-electron chi connectivity index (χ0n) is 15.2. The third-order valence-electron chi connectivity index (χ3n) is 4.08. The van der Waals surface area contributed by atoms with Gasteiger partial charge in [0.05, 0.1) is 11.9 Å². The highest BCUT2D eigenvalue weighted by molar-refractivity contribution is 7.14. The van der Waals surface area contributed by atoms with E-state index < -0.39 is 0 Å². The lowest BCUT2D eigenvalue weighted by atomic mass is 10.2. The first-order valence-electron chi connectivity index (χ1n) is 8.94. The lowest BCUT2D eigenvalue weighted by Crippen LogP contribution is -1.95. The Morgan fingerprint density at radius 3 is 2.36 bits per heavy atom. The first kappa shape index (κ1) is 17.9. The van der Waals surface area contributed by atoms with Crippen molar-refractivity contribution in [3.05, 3.63) is 101 Å². The minimum Gasteiger partial charge on any atom is -0.489 e. The highest BCUT2D eigenvalue weighted by atomic mass is 32.1. The molecule has 0 saturated heterocycles. The summed E-state index contributed by atoms with van der Waals surface area (Å²) in [5.41, 5.74) is 7.17. The molecule has 0 bridgehead atoms. The predicted octanol–water partition coefficient (Wildman–Crippen LogP) is 5.84. The van der Waals surface area contributed by atoms with Gasteiger partial charge in [0.1, 0.15) is 12.4 Å². The number of ether oxygens (including phenoxy) is 1. The van der Waals surface area contributed by atoms with Crippen LogP contribution >= 0.6 is 11.3 Å². The molecular weight excluding hydrogens is 366 g/mol. The van der Waals surface area contributed by atoms with Crippen LogP contribution in [0, 0.1) is 0 Å². The monoisotopic (exact) mass is 385 g/mol. The van der Waals surface area contributed by atoms with Gasteiger partial charge in [-0.15, -0.1) is 11.3 Å². The van der Waals surface area contributed by atoms with Crippen LogP contribution in [0.4, 0.5) is 5.13 Å². The first-order chi connectivity index (χ1) is 13.9. The fraction of sp³-hybridized carbons (Fsp3) is 0.0435. The van der Waals surface area contributed by atoms with E-state index in [0.29, 0.717) is 6.61 Å². The van der Waals surface area contributed by atoms with E-state index in [-0.39, 0.29) is 0 Å². The predicted molar refractivity (Wildman–Crippen MR) is 116 cm³/mol. The summed E-state index contributed by atoms with van der Waals surface area (Å²) >= 11 is 1.53. The molecule has 4 aromatic rings. The Morgan fingerprint density at radius 1 is 0.893 bits per heavy atom. The minimum absolute atomic E-state index is 0.559. The van der Waals surface area contributed by atoms with Crippen molar-refractivity contribution in [3.63, 3.8) is 0 Å². The van der Waals surface area contributed by atoms with Crippen LogP contribution in [0.3, 0.4) is 0 Å². The summed E-state index contributed by atoms with van der Waals surface area (Å²) in [5.74, 6) is 0.835. The van der Waals surface area contributed by atoms with Gasteiger partial charge >= 0.3 is 0 Å². The highest BCUT2D eigenvalue weighted by Crippen LogP contribution is 2.24. The van der Waals surface area contributed by atoms with Crippen LogP contribution in [0.1, 0.15) is 11.1 Å². The Labute approximate surface area is 168 Å². The Morgan fingerprint density at radius 2 is 1.61 bits per heavy atom. The molecule has 5 heteroatoms. The van der Waals surface area contributed by atoms with E-state index >= 15 is 0 Å². The van der Waals surface area contributed by atoms with E-state index in [0.717, 1.165) is 33.3 Å². The number of hydrazone groups is 1. The molecule has 4 rings (SSSR count). The van der Waals surface area contributed by atoms with E-state index in [4.69, 9.17) is 4.74 Å². The first-order valence-corrected chi connectivity index (χ1v) is 9.81. The molecule has 1 heterocycles. The Kier molecular flexibility index (Phi) is 5.75. The molecule has 0 amide bonds. The Bertz CT molecular complexity index is 1030. The molecule has 0 aliphatic carbocycles. The van der Waals surface area contributed by atoms with Crippen LogP contribution in [0.25, 0.3) is 11.3 Å². The quantitative estimate of drug-likeness (QED) is 0.321. The Hall–Kier alpha value is -3.44. The summed E-state index contributed by atoms with van der Waals surface area (Å²) in [6.07, 6.45) is 1.77. The fourth-order valence-electron chi connectivity index (χ4n) is 2.62. The summed E-state index contributed by atoms with van der Waals surface area (Å²) in [4.78, 5) is 4.55. The Balaban J connectivity index is 1.31. The van der Waals surface area contributed by atoms with Crippen LogP contribution < -0.4 is 10.2 Å². The van der Waals surface area contributed by atoms with Gasteiger partial charge in [-0.3, -0.25) is 5.43 Å². The van der Waals surface area contributed by atoms with Crippen molar-refractivity contribution in [2.45, 2.75) is 6.61 Å². The number of aromatic nitrogens is 1. The lowest BCUT2D eigenvalue weighted by Gasteiger charge is -2.06. The van der Waals surface area contributed by atoms with Gasteiger partial charge in [0, 0.05) is 10.9 Å². The van der Waals surface area contributed by atoms with Crippen molar-refractivity contribution in [3.8, 4) is 17.0 Å². The molecule has 0 aliphatic rings. The van der Waals surface area contributed by atoms with Gasteiger partial charge in [-0.05, 0) is 35.4 Å². The number of benzene rings is 3. The van der Waals surface area contributed by atoms with E-state index in [2.05, 4.69) is 27.6 Å². The SMILES string of the molecule is C(=NNc1nc(-c2ccccc2)cs1)c1ccc(OCc2ccccc2)cc1. The molecule has 1 N–H and O–H groups in total. The van der Waals surface area contributed by atoms with Gasteiger partial charge in [0.15, 0.2) is 0 Å². The van der Waals surface area contributed by atoms with E-state index in [1.165, 1.54) is 11.3 Å². The second kappa shape index (κ2) is 8.97. The van der Waals surface area contributed by atoms with Gasteiger partial charge < -0.3 is 4.74 Å². The third kappa shape index (κ3) is 4.84. The van der Waals surface area contributed by atoms with Gasteiger partial charge in [0.25, 0.3) is 0 Å². The highest BCUT2D eigenvalue weighted by Gasteiger charge is 2.02. The van der Waals surface area contributed by atoms with Crippen LogP contribution in [-0.4, -0.2) is 11.2 Å². The van der Waals surface area contributed by atoms with Crippen LogP contribution in [0.5, 0.6) is 5.75 Å². The van der Waals surface area contributed by atoms with Crippen molar-refractivity contribution < 1.29 is 4.74 Å². The summed E-state index contributed by atoms with van der Waals surface area (Å²) in [5, 5.41) is 7.06. The van der Waals surface area contributed by atoms with Gasteiger partial charge in [-0.2, -0.15) is 5.10 Å². The normalized spacial score (nSPS) is 10.9. The number of thiazole rings is 1. The van der Waals surface area contributed by atoms with Crippen molar-refractivity contribution in [2.75, 3.05) is 5.43 Å². The number of nitrogens with zero attached hydrogens (tertiary/aromatic N) is 2. The van der Waals surface area contributed by atoms with E-state index in [1.54, 1.807) is 6.21 Å². The van der Waals surface area contributed by atoms with Gasteiger partial charge in [0.2, 0.25) is 5.13 Å². The van der Waals surface area contributed by atoms with Gasteiger partial charge in [-0.1, -0.05) is 60.7 Å². The van der Waals surface area contributed by atoms with E-state index in [9.17, 15) is 0 Å².